The Morgan fingerprint density at radius 2 is 2.10 bits per heavy atom. The number of aromatic nitrogens is 2. The lowest BCUT2D eigenvalue weighted by atomic mass is 9.97. The Bertz CT molecular complexity index is 967. The fraction of sp³-hybridized carbons (Fsp3) is 0.318. The number of carbonyl (C=O) groups excluding carboxylic acids is 2. The fourth-order valence-electron chi connectivity index (χ4n) is 3.87. The molecule has 1 fully saturated rings. The van der Waals surface area contributed by atoms with Crippen LogP contribution in [0.3, 0.4) is 0 Å². The summed E-state index contributed by atoms with van der Waals surface area (Å²) in [7, 11) is 0. The quantitative estimate of drug-likeness (QED) is 0.678. The van der Waals surface area contributed by atoms with E-state index in [4.69, 9.17) is 0 Å². The predicted molar refractivity (Wildman–Crippen MR) is 114 cm³/mol. The third-order valence-electron chi connectivity index (χ3n) is 5.24. The summed E-state index contributed by atoms with van der Waals surface area (Å²) < 4.78 is 1.93. The zero-order valence-corrected chi connectivity index (χ0v) is 17.3. The van der Waals surface area contributed by atoms with Crippen LogP contribution < -0.4 is 10.2 Å². The molecule has 3 heterocycles. The predicted octanol–water partition coefficient (Wildman–Crippen LogP) is 3.55. The molecule has 4 rings (SSSR count). The average molecular weight is 409 g/mol. The maximum absolute atomic E-state index is 13.2. The molecule has 0 bridgehead atoms. The van der Waals surface area contributed by atoms with Gasteiger partial charge in [-0.05, 0) is 37.4 Å². The molecule has 150 valence electrons. The van der Waals surface area contributed by atoms with Crippen LogP contribution in [0.1, 0.15) is 29.8 Å². The van der Waals surface area contributed by atoms with Gasteiger partial charge in [-0.1, -0.05) is 23.8 Å². The van der Waals surface area contributed by atoms with Crippen LogP contribution in [0.5, 0.6) is 0 Å². The Morgan fingerprint density at radius 1 is 1.31 bits per heavy atom. The first-order chi connectivity index (χ1) is 14.0. The lowest BCUT2D eigenvalue weighted by Gasteiger charge is -2.28. The first-order valence-electron chi connectivity index (χ1n) is 9.71. The fourth-order valence-corrected chi connectivity index (χ4v) is 4.75. The Kier molecular flexibility index (Phi) is 5.49. The molecule has 0 radical (unpaired) electrons. The van der Waals surface area contributed by atoms with Crippen molar-refractivity contribution in [3.63, 3.8) is 0 Å². The van der Waals surface area contributed by atoms with Gasteiger partial charge in [-0.2, -0.15) is 0 Å². The van der Waals surface area contributed by atoms with Gasteiger partial charge in [0.1, 0.15) is 0 Å². The molecule has 0 spiro atoms. The van der Waals surface area contributed by atoms with E-state index in [9.17, 15) is 9.59 Å². The van der Waals surface area contributed by atoms with E-state index < -0.39 is 5.92 Å². The standard InChI is InChI=1S/C22H24N4O2S/c1-15-5-7-17(8-6-15)26-20(27)12-18(21(26)19-4-3-11-29-19)22(28)24-16(2)13-25-10-9-23-14-25/h3-11,14,16,18,21H,12-13H2,1-2H3,(H,24,28). The second kappa shape index (κ2) is 8.21. The first-order valence-corrected chi connectivity index (χ1v) is 10.6. The van der Waals surface area contributed by atoms with E-state index >= 15 is 0 Å². The number of aryl methyl sites for hydroxylation is 1. The number of nitrogens with zero attached hydrogens (tertiary/aromatic N) is 3. The number of rotatable bonds is 6. The van der Waals surface area contributed by atoms with Gasteiger partial charge in [-0.15, -0.1) is 11.3 Å². The maximum Gasteiger partial charge on any atom is 0.228 e. The van der Waals surface area contributed by atoms with Gasteiger partial charge in [0.05, 0.1) is 18.3 Å². The van der Waals surface area contributed by atoms with Crippen molar-refractivity contribution >= 4 is 28.8 Å². The van der Waals surface area contributed by atoms with E-state index in [0.29, 0.717) is 6.54 Å². The highest BCUT2D eigenvalue weighted by molar-refractivity contribution is 7.10. The molecule has 2 amide bonds. The molecule has 7 heteroatoms. The summed E-state index contributed by atoms with van der Waals surface area (Å²) in [6.07, 6.45) is 5.53. The van der Waals surface area contributed by atoms with Gasteiger partial charge >= 0.3 is 0 Å². The van der Waals surface area contributed by atoms with E-state index in [1.165, 1.54) is 0 Å². The summed E-state index contributed by atoms with van der Waals surface area (Å²) in [4.78, 5) is 33.0. The Hall–Kier alpha value is -2.93. The molecule has 1 aliphatic heterocycles. The molecule has 2 aromatic heterocycles. The van der Waals surface area contributed by atoms with Crippen molar-refractivity contribution < 1.29 is 9.59 Å². The van der Waals surface area contributed by atoms with Gasteiger partial charge in [0.25, 0.3) is 0 Å². The number of thiophene rings is 1. The molecular formula is C22H24N4O2S. The molecule has 0 aliphatic carbocycles. The first kappa shape index (κ1) is 19.4. The van der Waals surface area contributed by atoms with Crippen LogP contribution in [0.25, 0.3) is 0 Å². The van der Waals surface area contributed by atoms with Gasteiger partial charge in [0.15, 0.2) is 0 Å². The number of benzene rings is 1. The van der Waals surface area contributed by atoms with Crippen LogP contribution in [-0.4, -0.2) is 27.4 Å². The number of hydrogen-bond donors (Lipinski definition) is 1. The van der Waals surface area contributed by atoms with Crippen molar-refractivity contribution in [2.24, 2.45) is 5.92 Å². The molecule has 0 saturated carbocycles. The van der Waals surface area contributed by atoms with E-state index in [0.717, 1.165) is 16.1 Å². The number of hydrogen-bond acceptors (Lipinski definition) is 4. The average Bonchev–Trinajstić information content (AvgIpc) is 3.43. The van der Waals surface area contributed by atoms with Gasteiger partial charge in [-0.25, -0.2) is 4.98 Å². The lowest BCUT2D eigenvalue weighted by molar-refractivity contribution is -0.127. The van der Waals surface area contributed by atoms with E-state index in [-0.39, 0.29) is 30.3 Å². The zero-order chi connectivity index (χ0) is 20.4. The number of imidazole rings is 1. The maximum atomic E-state index is 13.2. The highest BCUT2D eigenvalue weighted by Crippen LogP contribution is 2.43. The summed E-state index contributed by atoms with van der Waals surface area (Å²) in [5, 5.41) is 5.08. The van der Waals surface area contributed by atoms with E-state index in [2.05, 4.69) is 10.3 Å². The molecule has 3 unspecified atom stereocenters. The second-order valence-electron chi connectivity index (χ2n) is 7.54. The van der Waals surface area contributed by atoms with E-state index in [1.807, 2.05) is 66.4 Å². The molecule has 3 aromatic rings. The SMILES string of the molecule is Cc1ccc(N2C(=O)CC(C(=O)NC(C)Cn3ccnc3)C2c2cccs2)cc1. The molecule has 1 N–H and O–H groups in total. The van der Waals surface area contributed by atoms with E-state index in [1.54, 1.807) is 28.8 Å². The number of anilines is 1. The minimum atomic E-state index is -0.423. The summed E-state index contributed by atoms with van der Waals surface area (Å²) in [6, 6.07) is 11.5. The molecule has 3 atom stereocenters. The van der Waals surface area contributed by atoms with Crippen molar-refractivity contribution in [3.8, 4) is 0 Å². The van der Waals surface area contributed by atoms with Crippen LogP contribution >= 0.6 is 11.3 Å². The van der Waals surface area contributed by atoms with Crippen LogP contribution in [0.4, 0.5) is 5.69 Å². The van der Waals surface area contributed by atoms with Gasteiger partial charge < -0.3 is 14.8 Å². The Morgan fingerprint density at radius 3 is 2.76 bits per heavy atom. The Labute approximate surface area is 174 Å². The van der Waals surface area contributed by atoms with Crippen LogP contribution in [0, 0.1) is 12.8 Å². The molecule has 1 aliphatic rings. The third kappa shape index (κ3) is 4.10. The van der Waals surface area contributed by atoms with Gasteiger partial charge in [0, 0.05) is 42.0 Å². The smallest absolute Gasteiger partial charge is 0.228 e. The van der Waals surface area contributed by atoms with Gasteiger partial charge in [-0.3, -0.25) is 9.59 Å². The van der Waals surface area contributed by atoms with Crippen molar-refractivity contribution in [2.75, 3.05) is 4.90 Å². The minimum Gasteiger partial charge on any atom is -0.352 e. The van der Waals surface area contributed by atoms with Gasteiger partial charge in [0.2, 0.25) is 11.8 Å². The van der Waals surface area contributed by atoms with Crippen molar-refractivity contribution in [1.29, 1.82) is 0 Å². The molecule has 6 nitrogen and oxygen atoms in total. The third-order valence-corrected chi connectivity index (χ3v) is 6.18. The summed E-state index contributed by atoms with van der Waals surface area (Å²) in [5.74, 6) is -0.527. The number of nitrogens with one attached hydrogen (secondary N) is 1. The molecule has 29 heavy (non-hydrogen) atoms. The molecule has 1 aromatic carbocycles. The Balaban J connectivity index is 1.57. The number of amides is 2. The molecule has 1 saturated heterocycles. The minimum absolute atomic E-state index is 0.0188. The lowest BCUT2D eigenvalue weighted by Crippen LogP contribution is -2.41. The van der Waals surface area contributed by atoms with Crippen molar-refractivity contribution in [3.05, 3.63) is 70.9 Å². The van der Waals surface area contributed by atoms with Crippen molar-refractivity contribution in [2.45, 2.75) is 38.9 Å². The van der Waals surface area contributed by atoms with Crippen LogP contribution in [0.15, 0.2) is 60.5 Å². The second-order valence-corrected chi connectivity index (χ2v) is 8.52. The molecular weight excluding hydrogens is 384 g/mol. The summed E-state index contributed by atoms with van der Waals surface area (Å²) >= 11 is 1.58. The topological polar surface area (TPSA) is 67.2 Å². The highest BCUT2D eigenvalue weighted by Gasteiger charge is 2.45. The van der Waals surface area contributed by atoms with Crippen molar-refractivity contribution in [1.82, 2.24) is 14.9 Å². The highest BCUT2D eigenvalue weighted by atomic mass is 32.1. The summed E-state index contributed by atoms with van der Waals surface area (Å²) in [5.41, 5.74) is 1.97. The monoisotopic (exact) mass is 408 g/mol. The normalized spacial score (nSPS) is 20.1. The summed E-state index contributed by atoms with van der Waals surface area (Å²) in [6.45, 7) is 4.62. The van der Waals surface area contributed by atoms with Crippen LogP contribution in [0.2, 0.25) is 0 Å². The number of carbonyl (C=O) groups is 2. The zero-order valence-electron chi connectivity index (χ0n) is 16.5. The largest absolute Gasteiger partial charge is 0.352 e. The van der Waals surface area contributed by atoms with Crippen LogP contribution in [-0.2, 0) is 16.1 Å².